The lowest BCUT2D eigenvalue weighted by molar-refractivity contribution is 0.122. The largest absolute Gasteiger partial charge is 0.455 e. The number of hydrogen-bond acceptors (Lipinski definition) is 9. The van der Waals surface area contributed by atoms with Crippen molar-refractivity contribution in [2.45, 2.75) is 13.5 Å². The Morgan fingerprint density at radius 2 is 2.06 bits per heavy atom. The van der Waals surface area contributed by atoms with Crippen molar-refractivity contribution in [3.63, 3.8) is 0 Å². The molecule has 0 radical (unpaired) electrons. The van der Waals surface area contributed by atoms with Crippen molar-refractivity contribution >= 4 is 29.5 Å². The van der Waals surface area contributed by atoms with E-state index < -0.39 is 0 Å². The molecule has 2 aromatic heterocycles. The van der Waals surface area contributed by atoms with E-state index in [1.54, 1.807) is 18.5 Å². The maximum absolute atomic E-state index is 5.91. The summed E-state index contributed by atoms with van der Waals surface area (Å²) < 4.78 is 11.2. The molecular formula is C21H22ClN7O2. The highest BCUT2D eigenvalue weighted by Crippen LogP contribution is 2.21. The average Bonchev–Trinajstić information content (AvgIpc) is 2.78. The zero-order chi connectivity index (χ0) is 21.5. The second kappa shape index (κ2) is 10.1. The highest BCUT2D eigenvalue weighted by atomic mass is 35.5. The van der Waals surface area contributed by atoms with Crippen LogP contribution in [0.25, 0.3) is 0 Å². The molecule has 10 heteroatoms. The molecule has 0 aliphatic carbocycles. The molecule has 1 saturated heterocycles. The van der Waals surface area contributed by atoms with Crippen LogP contribution in [-0.4, -0.2) is 52.5 Å². The van der Waals surface area contributed by atoms with E-state index in [-0.39, 0.29) is 12.6 Å². The lowest BCUT2D eigenvalue weighted by Crippen LogP contribution is -2.36. The van der Waals surface area contributed by atoms with Gasteiger partial charge in [0.05, 0.1) is 19.4 Å². The Labute approximate surface area is 185 Å². The molecule has 0 bridgehead atoms. The number of halogens is 1. The molecule has 1 aromatic carbocycles. The van der Waals surface area contributed by atoms with Crippen molar-refractivity contribution in [2.24, 2.45) is 5.10 Å². The number of nitrogens with one attached hydrogen (secondary N) is 1. The topological polar surface area (TPSA) is 97.7 Å². The fourth-order valence-corrected chi connectivity index (χ4v) is 3.14. The summed E-state index contributed by atoms with van der Waals surface area (Å²) in [6, 6.07) is 11.7. The first-order valence-corrected chi connectivity index (χ1v) is 10.2. The van der Waals surface area contributed by atoms with Gasteiger partial charge in [-0.3, -0.25) is 5.43 Å². The van der Waals surface area contributed by atoms with Gasteiger partial charge in [-0.05, 0) is 18.6 Å². The van der Waals surface area contributed by atoms with Gasteiger partial charge in [0.1, 0.15) is 11.0 Å². The fourth-order valence-electron chi connectivity index (χ4n) is 2.99. The van der Waals surface area contributed by atoms with Crippen molar-refractivity contribution in [3.8, 4) is 6.01 Å². The van der Waals surface area contributed by atoms with E-state index >= 15 is 0 Å². The summed E-state index contributed by atoms with van der Waals surface area (Å²) >= 11 is 5.91. The number of hydrazone groups is 1. The summed E-state index contributed by atoms with van der Waals surface area (Å²) in [5.74, 6) is 1.69. The third kappa shape index (κ3) is 6.09. The molecule has 1 fully saturated rings. The van der Waals surface area contributed by atoms with Gasteiger partial charge >= 0.3 is 6.01 Å². The van der Waals surface area contributed by atoms with Crippen LogP contribution in [-0.2, 0) is 11.3 Å². The third-order valence-electron chi connectivity index (χ3n) is 4.46. The Balaban J connectivity index is 1.52. The van der Waals surface area contributed by atoms with Crippen LogP contribution in [0.2, 0.25) is 5.15 Å². The predicted octanol–water partition coefficient (Wildman–Crippen LogP) is 3.09. The Kier molecular flexibility index (Phi) is 6.85. The lowest BCUT2D eigenvalue weighted by Gasteiger charge is -2.28. The highest BCUT2D eigenvalue weighted by molar-refractivity contribution is 6.29. The molecular weight excluding hydrogens is 418 g/mol. The zero-order valence-electron chi connectivity index (χ0n) is 17.0. The number of hydrogen-bond donors (Lipinski definition) is 1. The average molecular weight is 440 g/mol. The minimum absolute atomic E-state index is 0.0964. The first-order chi connectivity index (χ1) is 15.2. The minimum atomic E-state index is 0.0964. The molecule has 0 spiro atoms. The van der Waals surface area contributed by atoms with Crippen molar-refractivity contribution in [1.82, 2.24) is 19.9 Å². The second-order valence-corrected chi connectivity index (χ2v) is 7.25. The molecule has 160 valence electrons. The molecule has 31 heavy (non-hydrogen) atoms. The van der Waals surface area contributed by atoms with E-state index in [0.29, 0.717) is 30.0 Å². The maximum Gasteiger partial charge on any atom is 0.320 e. The minimum Gasteiger partial charge on any atom is -0.455 e. The van der Waals surface area contributed by atoms with E-state index in [0.717, 1.165) is 24.5 Å². The van der Waals surface area contributed by atoms with E-state index in [4.69, 9.17) is 21.1 Å². The van der Waals surface area contributed by atoms with E-state index in [1.807, 2.05) is 37.3 Å². The predicted molar refractivity (Wildman–Crippen MR) is 119 cm³/mol. The van der Waals surface area contributed by atoms with Crippen molar-refractivity contribution in [1.29, 1.82) is 0 Å². The molecule has 9 nitrogen and oxygen atoms in total. The standard InChI is InChI=1S/C21H22ClN7O2/c1-15-3-2-4-16(11-15)13-24-28-18-12-20(29-7-9-30-10-8-29)27-21(26-18)31-14-19-23-6-5-17(22)25-19/h2-6,11-13H,7-10,14H2,1H3,(H,26,27,28)/b24-13+. The van der Waals surface area contributed by atoms with Crippen LogP contribution in [0, 0.1) is 6.92 Å². The summed E-state index contributed by atoms with van der Waals surface area (Å²) in [4.78, 5) is 19.3. The normalized spacial score (nSPS) is 14.1. The summed E-state index contributed by atoms with van der Waals surface area (Å²) in [7, 11) is 0. The number of anilines is 2. The molecule has 1 N–H and O–H groups in total. The van der Waals surface area contributed by atoms with Gasteiger partial charge in [-0.1, -0.05) is 41.4 Å². The monoisotopic (exact) mass is 439 g/mol. The Morgan fingerprint density at radius 1 is 1.19 bits per heavy atom. The molecule has 0 saturated carbocycles. The Morgan fingerprint density at radius 3 is 2.87 bits per heavy atom. The SMILES string of the molecule is Cc1cccc(/C=N/Nc2cc(N3CCOCC3)nc(OCc3nccc(Cl)n3)n2)c1. The second-order valence-electron chi connectivity index (χ2n) is 6.86. The van der Waals surface area contributed by atoms with Gasteiger partial charge in [0.2, 0.25) is 0 Å². The van der Waals surface area contributed by atoms with Gasteiger partial charge in [-0.15, -0.1) is 0 Å². The number of rotatable bonds is 7. The van der Waals surface area contributed by atoms with E-state index in [1.165, 1.54) is 5.56 Å². The van der Waals surface area contributed by atoms with Gasteiger partial charge in [0, 0.05) is 25.4 Å². The summed E-state index contributed by atoms with van der Waals surface area (Å²) in [5.41, 5.74) is 5.12. The number of ether oxygens (including phenoxy) is 2. The van der Waals surface area contributed by atoms with Crippen LogP contribution in [0.4, 0.5) is 11.6 Å². The Hall–Kier alpha value is -3.30. The number of morpholine rings is 1. The number of benzene rings is 1. The summed E-state index contributed by atoms with van der Waals surface area (Å²) in [6.07, 6.45) is 3.32. The first-order valence-electron chi connectivity index (χ1n) is 9.83. The van der Waals surface area contributed by atoms with Gasteiger partial charge in [0.15, 0.2) is 18.2 Å². The fraction of sp³-hybridized carbons (Fsp3) is 0.286. The summed E-state index contributed by atoms with van der Waals surface area (Å²) in [5, 5.41) is 4.66. The van der Waals surface area contributed by atoms with Gasteiger partial charge < -0.3 is 14.4 Å². The molecule has 0 unspecified atom stereocenters. The molecule has 1 aliphatic rings. The van der Waals surface area contributed by atoms with Crippen LogP contribution in [0.3, 0.4) is 0 Å². The van der Waals surface area contributed by atoms with Crippen molar-refractivity contribution in [3.05, 3.63) is 64.7 Å². The van der Waals surface area contributed by atoms with E-state index in [9.17, 15) is 0 Å². The van der Waals surface area contributed by atoms with Gasteiger partial charge in [0.25, 0.3) is 0 Å². The van der Waals surface area contributed by atoms with Gasteiger partial charge in [-0.2, -0.15) is 15.1 Å². The van der Waals surface area contributed by atoms with Crippen LogP contribution in [0.1, 0.15) is 17.0 Å². The van der Waals surface area contributed by atoms with Gasteiger partial charge in [-0.25, -0.2) is 9.97 Å². The number of aromatic nitrogens is 4. The summed E-state index contributed by atoms with van der Waals surface area (Å²) in [6.45, 7) is 4.89. The molecule has 0 atom stereocenters. The molecule has 1 aliphatic heterocycles. The van der Waals surface area contributed by atoms with Crippen molar-refractivity contribution in [2.75, 3.05) is 36.6 Å². The Bertz CT molecular complexity index is 1060. The first kappa shape index (κ1) is 21.0. The van der Waals surface area contributed by atoms with Crippen molar-refractivity contribution < 1.29 is 9.47 Å². The van der Waals surface area contributed by atoms with Crippen LogP contribution in [0.15, 0.2) is 47.7 Å². The number of aryl methyl sites for hydroxylation is 1. The van der Waals surface area contributed by atoms with Crippen LogP contribution in [0.5, 0.6) is 6.01 Å². The highest BCUT2D eigenvalue weighted by Gasteiger charge is 2.16. The van der Waals surface area contributed by atoms with E-state index in [2.05, 4.69) is 35.4 Å². The van der Waals surface area contributed by atoms with Crippen LogP contribution >= 0.6 is 11.6 Å². The zero-order valence-corrected chi connectivity index (χ0v) is 17.8. The molecule has 0 amide bonds. The third-order valence-corrected chi connectivity index (χ3v) is 4.67. The molecule has 3 heterocycles. The quantitative estimate of drug-likeness (QED) is 0.340. The molecule has 3 aromatic rings. The molecule has 4 rings (SSSR count). The van der Waals surface area contributed by atoms with Crippen LogP contribution < -0.4 is 15.1 Å². The maximum atomic E-state index is 5.91. The lowest BCUT2D eigenvalue weighted by atomic mass is 10.2. The smallest absolute Gasteiger partial charge is 0.320 e. The number of nitrogens with zero attached hydrogens (tertiary/aromatic N) is 6.